The van der Waals surface area contributed by atoms with Gasteiger partial charge in [-0.25, -0.2) is 0 Å². The summed E-state index contributed by atoms with van der Waals surface area (Å²) in [6, 6.07) is 7.80. The highest BCUT2D eigenvalue weighted by Crippen LogP contribution is 2.29. The molecule has 1 N–H and O–H groups in total. The minimum absolute atomic E-state index is 0.111. The molecule has 100 valence electrons. The molecule has 1 heterocycles. The number of piperazine rings is 1. The smallest absolute Gasteiger partial charge is 0.124 e. The van der Waals surface area contributed by atoms with E-state index in [1.807, 2.05) is 24.3 Å². The van der Waals surface area contributed by atoms with Crippen molar-refractivity contribution in [2.24, 2.45) is 0 Å². The van der Waals surface area contributed by atoms with Crippen LogP contribution in [0.1, 0.15) is 11.7 Å². The first-order chi connectivity index (χ1) is 8.63. The molecule has 0 aromatic heterocycles. The van der Waals surface area contributed by atoms with E-state index in [1.165, 1.54) is 0 Å². The van der Waals surface area contributed by atoms with Crippen LogP contribution < -0.4 is 4.74 Å². The normalized spacial score (nSPS) is 23.9. The van der Waals surface area contributed by atoms with Crippen molar-refractivity contribution in [3.05, 3.63) is 29.8 Å². The lowest BCUT2D eigenvalue weighted by atomic mass is 9.98. The highest BCUT2D eigenvalue weighted by Gasteiger charge is 2.30. The van der Waals surface area contributed by atoms with Crippen molar-refractivity contribution in [1.29, 1.82) is 0 Å². The predicted octanol–water partition coefficient (Wildman–Crippen LogP) is 0.974. The molecule has 1 aliphatic rings. The third kappa shape index (κ3) is 2.66. The Kier molecular flexibility index (Phi) is 4.22. The summed E-state index contributed by atoms with van der Waals surface area (Å²) in [5.41, 5.74) is 0.868. The number of aliphatic hydroxyl groups is 1. The second-order valence-electron chi connectivity index (χ2n) is 5.00. The highest BCUT2D eigenvalue weighted by molar-refractivity contribution is 5.35. The number of methoxy groups -OCH3 is 1. The Labute approximate surface area is 109 Å². The van der Waals surface area contributed by atoms with Crippen LogP contribution in [0.3, 0.4) is 0 Å². The van der Waals surface area contributed by atoms with Crippen molar-refractivity contribution in [2.45, 2.75) is 12.1 Å². The van der Waals surface area contributed by atoms with Crippen molar-refractivity contribution in [1.82, 2.24) is 9.80 Å². The summed E-state index contributed by atoms with van der Waals surface area (Å²) in [4.78, 5) is 4.47. The zero-order valence-corrected chi connectivity index (χ0v) is 11.3. The summed E-state index contributed by atoms with van der Waals surface area (Å²) in [6.45, 7) is 2.90. The van der Waals surface area contributed by atoms with Crippen LogP contribution in [0.5, 0.6) is 5.75 Å². The number of nitrogens with zero attached hydrogens (tertiary/aromatic N) is 2. The first-order valence-corrected chi connectivity index (χ1v) is 6.33. The largest absolute Gasteiger partial charge is 0.496 e. The maximum atomic E-state index is 10.6. The van der Waals surface area contributed by atoms with Crippen molar-refractivity contribution >= 4 is 0 Å². The number of para-hydroxylation sites is 1. The van der Waals surface area contributed by atoms with E-state index in [2.05, 4.69) is 23.9 Å². The maximum Gasteiger partial charge on any atom is 0.124 e. The summed E-state index contributed by atoms with van der Waals surface area (Å²) in [5.74, 6) is 0.756. The zero-order chi connectivity index (χ0) is 13.1. The quantitative estimate of drug-likeness (QED) is 0.867. The van der Waals surface area contributed by atoms with Crippen LogP contribution in [0.15, 0.2) is 24.3 Å². The SMILES string of the molecule is COc1ccccc1C(O)C1CN(C)CCN1C. The van der Waals surface area contributed by atoms with Gasteiger partial charge in [0.2, 0.25) is 0 Å². The molecular formula is C14H22N2O2. The molecule has 2 unspecified atom stereocenters. The van der Waals surface area contributed by atoms with Gasteiger partial charge >= 0.3 is 0 Å². The zero-order valence-electron chi connectivity index (χ0n) is 11.3. The molecule has 1 aliphatic heterocycles. The second-order valence-corrected chi connectivity index (χ2v) is 5.00. The molecule has 0 radical (unpaired) electrons. The monoisotopic (exact) mass is 250 g/mol. The molecule has 0 aliphatic carbocycles. The molecule has 0 bridgehead atoms. The Morgan fingerprint density at radius 3 is 2.72 bits per heavy atom. The predicted molar refractivity (Wildman–Crippen MR) is 71.9 cm³/mol. The summed E-state index contributed by atoms with van der Waals surface area (Å²) < 4.78 is 5.33. The van der Waals surface area contributed by atoms with Gasteiger partial charge in [0.1, 0.15) is 5.75 Å². The molecule has 2 rings (SSSR count). The molecule has 4 heteroatoms. The molecule has 2 atom stereocenters. The van der Waals surface area contributed by atoms with Crippen LogP contribution in [0.25, 0.3) is 0 Å². The van der Waals surface area contributed by atoms with Gasteiger partial charge in [0.25, 0.3) is 0 Å². The molecule has 1 fully saturated rings. The van der Waals surface area contributed by atoms with Gasteiger partial charge in [-0.3, -0.25) is 4.90 Å². The van der Waals surface area contributed by atoms with Crippen LogP contribution in [-0.4, -0.2) is 61.8 Å². The van der Waals surface area contributed by atoms with Gasteiger partial charge in [-0.2, -0.15) is 0 Å². The molecule has 1 aromatic carbocycles. The fourth-order valence-electron chi connectivity index (χ4n) is 2.50. The van der Waals surface area contributed by atoms with Gasteiger partial charge < -0.3 is 14.7 Å². The first kappa shape index (κ1) is 13.3. The molecule has 1 saturated heterocycles. The third-order valence-electron chi connectivity index (χ3n) is 3.72. The Morgan fingerprint density at radius 2 is 2.00 bits per heavy atom. The number of hydrogen-bond acceptors (Lipinski definition) is 4. The number of aliphatic hydroxyl groups excluding tert-OH is 1. The van der Waals surface area contributed by atoms with Gasteiger partial charge in [0.05, 0.1) is 19.3 Å². The van der Waals surface area contributed by atoms with E-state index in [0.717, 1.165) is 30.9 Å². The molecule has 0 amide bonds. The van der Waals surface area contributed by atoms with Gasteiger partial charge in [-0.05, 0) is 20.2 Å². The van der Waals surface area contributed by atoms with Gasteiger partial charge in [-0.15, -0.1) is 0 Å². The van der Waals surface area contributed by atoms with Crippen LogP contribution in [0.2, 0.25) is 0 Å². The standard InChI is InChI=1S/C14H22N2O2/c1-15-8-9-16(2)12(10-15)14(17)11-6-4-5-7-13(11)18-3/h4-7,12,14,17H,8-10H2,1-3H3. The van der Waals surface area contributed by atoms with Crippen molar-refractivity contribution in [3.8, 4) is 5.75 Å². The van der Waals surface area contributed by atoms with Crippen molar-refractivity contribution in [3.63, 3.8) is 0 Å². The highest BCUT2D eigenvalue weighted by atomic mass is 16.5. The van der Waals surface area contributed by atoms with E-state index < -0.39 is 6.10 Å². The number of hydrogen-bond donors (Lipinski definition) is 1. The lowest BCUT2D eigenvalue weighted by Crippen LogP contribution is -2.52. The van der Waals surface area contributed by atoms with Gasteiger partial charge in [-0.1, -0.05) is 18.2 Å². The number of ether oxygens (including phenoxy) is 1. The molecule has 1 aromatic rings. The summed E-state index contributed by atoms with van der Waals surface area (Å²) in [5, 5.41) is 10.6. The molecule has 18 heavy (non-hydrogen) atoms. The Hall–Kier alpha value is -1.10. The minimum atomic E-state index is -0.520. The number of rotatable bonds is 3. The fourth-order valence-corrected chi connectivity index (χ4v) is 2.50. The summed E-state index contributed by atoms with van der Waals surface area (Å²) in [7, 11) is 5.80. The van der Waals surface area contributed by atoms with Crippen LogP contribution in [0, 0.1) is 0 Å². The summed E-state index contributed by atoms with van der Waals surface area (Å²) in [6.07, 6.45) is -0.520. The average molecular weight is 250 g/mol. The lowest BCUT2D eigenvalue weighted by molar-refractivity contribution is 0.0128. The van der Waals surface area contributed by atoms with E-state index in [-0.39, 0.29) is 6.04 Å². The maximum absolute atomic E-state index is 10.6. The average Bonchev–Trinajstić information content (AvgIpc) is 2.40. The van der Waals surface area contributed by atoms with E-state index in [9.17, 15) is 5.11 Å². The minimum Gasteiger partial charge on any atom is -0.496 e. The Balaban J connectivity index is 2.21. The van der Waals surface area contributed by atoms with E-state index in [1.54, 1.807) is 7.11 Å². The number of likely N-dealkylation sites (N-methyl/N-ethyl adjacent to an activating group) is 2. The Bertz CT molecular complexity index is 397. The van der Waals surface area contributed by atoms with Gasteiger partial charge in [0, 0.05) is 25.2 Å². The molecule has 0 spiro atoms. The van der Waals surface area contributed by atoms with Crippen LogP contribution in [0.4, 0.5) is 0 Å². The molecule has 4 nitrogen and oxygen atoms in total. The third-order valence-corrected chi connectivity index (χ3v) is 3.72. The van der Waals surface area contributed by atoms with Crippen molar-refractivity contribution < 1.29 is 9.84 Å². The fraction of sp³-hybridized carbons (Fsp3) is 0.571. The lowest BCUT2D eigenvalue weighted by Gasteiger charge is -2.40. The first-order valence-electron chi connectivity index (χ1n) is 6.33. The van der Waals surface area contributed by atoms with Gasteiger partial charge in [0.15, 0.2) is 0 Å². The van der Waals surface area contributed by atoms with E-state index in [4.69, 9.17) is 4.74 Å². The molecular weight excluding hydrogens is 228 g/mol. The van der Waals surface area contributed by atoms with Crippen molar-refractivity contribution in [2.75, 3.05) is 40.8 Å². The number of benzene rings is 1. The Morgan fingerprint density at radius 1 is 1.28 bits per heavy atom. The summed E-state index contributed by atoms with van der Waals surface area (Å²) >= 11 is 0. The molecule has 0 saturated carbocycles. The second kappa shape index (κ2) is 5.69. The van der Waals surface area contributed by atoms with E-state index in [0.29, 0.717) is 0 Å². The topological polar surface area (TPSA) is 35.9 Å². The van der Waals surface area contributed by atoms with E-state index >= 15 is 0 Å². The van der Waals surface area contributed by atoms with Crippen LogP contribution >= 0.6 is 0 Å². The van der Waals surface area contributed by atoms with Crippen LogP contribution in [-0.2, 0) is 0 Å².